The van der Waals surface area contributed by atoms with Crippen molar-refractivity contribution in [3.8, 4) is 0 Å². The SMILES string of the molecule is O=C(O)[C@](O)(CO)C(=O)CO. The molecule has 11 heavy (non-hydrogen) atoms. The van der Waals surface area contributed by atoms with Crippen LogP contribution in [-0.2, 0) is 9.59 Å². The summed E-state index contributed by atoms with van der Waals surface area (Å²) in [5.41, 5.74) is -2.87. The second kappa shape index (κ2) is 3.42. The van der Waals surface area contributed by atoms with Crippen LogP contribution in [0.5, 0.6) is 0 Å². The molecule has 0 heterocycles. The molecule has 0 saturated carbocycles. The largest absolute Gasteiger partial charge is 0.479 e. The molecular weight excluding hydrogens is 156 g/mol. The van der Waals surface area contributed by atoms with E-state index < -0.39 is 30.6 Å². The molecule has 0 aromatic rings. The highest BCUT2D eigenvalue weighted by Gasteiger charge is 2.42. The van der Waals surface area contributed by atoms with Gasteiger partial charge in [-0.25, -0.2) is 4.79 Å². The van der Waals surface area contributed by atoms with Gasteiger partial charge in [0.05, 0.1) is 6.61 Å². The summed E-state index contributed by atoms with van der Waals surface area (Å²) in [6.45, 7) is -2.37. The van der Waals surface area contributed by atoms with Gasteiger partial charge in [-0.2, -0.15) is 0 Å². The predicted octanol–water partition coefficient (Wildman–Crippen LogP) is -2.64. The van der Waals surface area contributed by atoms with Crippen LogP contribution in [0.25, 0.3) is 0 Å². The van der Waals surface area contributed by atoms with E-state index in [9.17, 15) is 9.59 Å². The third kappa shape index (κ3) is 1.73. The Bertz CT molecular complexity index is 176. The van der Waals surface area contributed by atoms with Crippen molar-refractivity contribution in [3.05, 3.63) is 0 Å². The summed E-state index contributed by atoms with van der Waals surface area (Å²) in [7, 11) is 0. The number of aliphatic hydroxyl groups excluding tert-OH is 2. The number of Topliss-reactive ketones (excluding diaryl/α,β-unsaturated/α-hetero) is 1. The minimum absolute atomic E-state index is 1.12. The zero-order chi connectivity index (χ0) is 9.07. The number of hydrogen-bond acceptors (Lipinski definition) is 5. The van der Waals surface area contributed by atoms with Gasteiger partial charge in [0, 0.05) is 0 Å². The molecule has 0 bridgehead atoms. The quantitative estimate of drug-likeness (QED) is 0.337. The fourth-order valence-corrected chi connectivity index (χ4v) is 0.406. The highest BCUT2D eigenvalue weighted by Crippen LogP contribution is 2.04. The van der Waals surface area contributed by atoms with Gasteiger partial charge in [0.1, 0.15) is 6.61 Å². The van der Waals surface area contributed by atoms with Gasteiger partial charge in [-0.3, -0.25) is 4.79 Å². The Kier molecular flexibility index (Phi) is 3.12. The van der Waals surface area contributed by atoms with Crippen LogP contribution in [-0.4, -0.2) is 51.0 Å². The molecule has 64 valence electrons. The molecule has 0 radical (unpaired) electrons. The summed E-state index contributed by atoms with van der Waals surface area (Å²) in [4.78, 5) is 20.6. The van der Waals surface area contributed by atoms with Crippen molar-refractivity contribution in [1.29, 1.82) is 0 Å². The Labute approximate surface area is 61.7 Å². The molecule has 0 saturated heterocycles. The number of aliphatic hydroxyl groups is 3. The van der Waals surface area contributed by atoms with Crippen molar-refractivity contribution in [2.75, 3.05) is 13.2 Å². The van der Waals surface area contributed by atoms with E-state index in [0.29, 0.717) is 0 Å². The minimum Gasteiger partial charge on any atom is -0.479 e. The van der Waals surface area contributed by atoms with Crippen LogP contribution in [0.1, 0.15) is 0 Å². The zero-order valence-corrected chi connectivity index (χ0v) is 5.52. The highest BCUT2D eigenvalue weighted by molar-refractivity contribution is 6.06. The van der Waals surface area contributed by atoms with Gasteiger partial charge in [0.15, 0.2) is 0 Å². The molecule has 0 aromatic heterocycles. The summed E-state index contributed by atoms with van der Waals surface area (Å²) in [6.07, 6.45) is 0. The van der Waals surface area contributed by atoms with Crippen LogP contribution in [0.2, 0.25) is 0 Å². The van der Waals surface area contributed by atoms with E-state index in [4.69, 9.17) is 20.4 Å². The molecule has 0 fully saturated rings. The number of hydrogen-bond donors (Lipinski definition) is 4. The Balaban J connectivity index is 4.59. The topological polar surface area (TPSA) is 115 Å². The maximum Gasteiger partial charge on any atom is 0.346 e. The number of carbonyl (C=O) groups is 2. The van der Waals surface area contributed by atoms with Crippen molar-refractivity contribution >= 4 is 11.8 Å². The Hall–Kier alpha value is -0.980. The molecule has 0 aliphatic carbocycles. The van der Waals surface area contributed by atoms with Crippen LogP contribution in [0.15, 0.2) is 0 Å². The number of ketones is 1. The van der Waals surface area contributed by atoms with Gasteiger partial charge in [-0.05, 0) is 0 Å². The minimum atomic E-state index is -2.87. The van der Waals surface area contributed by atoms with Crippen LogP contribution in [0, 0.1) is 0 Å². The van der Waals surface area contributed by atoms with Crippen molar-refractivity contribution in [2.24, 2.45) is 0 Å². The lowest BCUT2D eigenvalue weighted by molar-refractivity contribution is -0.170. The Morgan fingerprint density at radius 3 is 1.82 bits per heavy atom. The summed E-state index contributed by atoms with van der Waals surface area (Å²) >= 11 is 0. The first-order chi connectivity index (χ1) is 4.99. The van der Waals surface area contributed by atoms with Crippen LogP contribution in [0.3, 0.4) is 0 Å². The first-order valence-electron chi connectivity index (χ1n) is 2.70. The second-order valence-electron chi connectivity index (χ2n) is 1.90. The molecule has 1 atom stereocenters. The first kappa shape index (κ1) is 10.0. The third-order valence-electron chi connectivity index (χ3n) is 1.19. The van der Waals surface area contributed by atoms with E-state index in [1.54, 1.807) is 0 Å². The molecule has 0 rings (SSSR count). The second-order valence-corrected chi connectivity index (χ2v) is 1.90. The maximum absolute atomic E-state index is 10.5. The summed E-state index contributed by atoms with van der Waals surface area (Å²) in [5.74, 6) is -3.22. The lowest BCUT2D eigenvalue weighted by Crippen LogP contribution is -2.51. The first-order valence-corrected chi connectivity index (χ1v) is 2.70. The van der Waals surface area contributed by atoms with E-state index in [0.717, 1.165) is 0 Å². The molecule has 0 amide bonds. The van der Waals surface area contributed by atoms with Crippen molar-refractivity contribution in [1.82, 2.24) is 0 Å². The fraction of sp³-hybridized carbons (Fsp3) is 0.600. The molecule has 4 N–H and O–H groups in total. The molecule has 6 heteroatoms. The third-order valence-corrected chi connectivity index (χ3v) is 1.19. The number of carboxylic acids is 1. The summed E-state index contributed by atoms with van der Waals surface area (Å²) in [5, 5.41) is 33.5. The fourth-order valence-electron chi connectivity index (χ4n) is 0.406. The van der Waals surface area contributed by atoms with Gasteiger partial charge in [-0.1, -0.05) is 0 Å². The Morgan fingerprint density at radius 2 is 1.73 bits per heavy atom. The number of carbonyl (C=O) groups excluding carboxylic acids is 1. The van der Waals surface area contributed by atoms with E-state index in [1.807, 2.05) is 0 Å². The number of rotatable bonds is 4. The predicted molar refractivity (Wildman–Crippen MR) is 31.8 cm³/mol. The lowest BCUT2D eigenvalue weighted by Gasteiger charge is -2.16. The van der Waals surface area contributed by atoms with Crippen LogP contribution < -0.4 is 0 Å². The van der Waals surface area contributed by atoms with Gasteiger partial charge in [-0.15, -0.1) is 0 Å². The van der Waals surface area contributed by atoms with Crippen LogP contribution in [0.4, 0.5) is 0 Å². The van der Waals surface area contributed by atoms with Crippen molar-refractivity contribution in [2.45, 2.75) is 5.60 Å². The standard InChI is InChI=1S/C5H8O6/c6-1-3(8)5(11,2-7)4(9)10/h6-7,11H,1-2H2,(H,9,10)/t5-/m0/s1. The van der Waals surface area contributed by atoms with E-state index in [-0.39, 0.29) is 0 Å². The summed E-state index contributed by atoms with van der Waals surface area (Å²) in [6, 6.07) is 0. The average Bonchev–Trinajstić information content (AvgIpc) is 2.01. The van der Waals surface area contributed by atoms with Crippen molar-refractivity contribution in [3.63, 3.8) is 0 Å². The number of aliphatic carboxylic acids is 1. The van der Waals surface area contributed by atoms with Gasteiger partial charge < -0.3 is 20.4 Å². The molecule has 0 aromatic carbocycles. The highest BCUT2D eigenvalue weighted by atomic mass is 16.4. The molecule has 0 aliphatic rings. The smallest absolute Gasteiger partial charge is 0.346 e. The zero-order valence-electron chi connectivity index (χ0n) is 5.52. The number of carboxylic acid groups (broad SMARTS) is 1. The Morgan fingerprint density at radius 1 is 1.27 bits per heavy atom. The molecule has 0 spiro atoms. The van der Waals surface area contributed by atoms with E-state index in [1.165, 1.54) is 0 Å². The lowest BCUT2D eigenvalue weighted by atomic mass is 10.0. The van der Waals surface area contributed by atoms with Gasteiger partial charge in [0.25, 0.3) is 0 Å². The average molecular weight is 164 g/mol. The van der Waals surface area contributed by atoms with Gasteiger partial charge in [0.2, 0.25) is 11.4 Å². The van der Waals surface area contributed by atoms with E-state index in [2.05, 4.69) is 0 Å². The van der Waals surface area contributed by atoms with Crippen LogP contribution >= 0.6 is 0 Å². The maximum atomic E-state index is 10.5. The molecular formula is C5H8O6. The van der Waals surface area contributed by atoms with Crippen molar-refractivity contribution < 1.29 is 30.0 Å². The van der Waals surface area contributed by atoms with Gasteiger partial charge >= 0.3 is 5.97 Å². The molecule has 6 nitrogen and oxygen atoms in total. The molecule has 0 unspecified atom stereocenters. The van der Waals surface area contributed by atoms with E-state index >= 15 is 0 Å². The summed E-state index contributed by atoms with van der Waals surface area (Å²) < 4.78 is 0. The molecule has 0 aliphatic heterocycles. The normalized spacial score (nSPS) is 15.5. The monoisotopic (exact) mass is 164 g/mol.